The number of anilines is 1. The first kappa shape index (κ1) is 14.2. The smallest absolute Gasteiger partial charge is 0.278 e. The van der Waals surface area contributed by atoms with Gasteiger partial charge in [0.15, 0.2) is 0 Å². The van der Waals surface area contributed by atoms with E-state index in [1.54, 1.807) is 30.5 Å². The maximum absolute atomic E-state index is 11.1. The molecule has 106 valence electrons. The third kappa shape index (κ3) is 2.85. The van der Waals surface area contributed by atoms with Crippen LogP contribution in [0.3, 0.4) is 0 Å². The lowest BCUT2D eigenvalue weighted by atomic mass is 10.1. The minimum atomic E-state index is -0.367. The molecule has 0 aliphatic heterocycles. The molecule has 0 saturated heterocycles. The van der Waals surface area contributed by atoms with E-state index < -0.39 is 0 Å². The highest BCUT2D eigenvalue weighted by molar-refractivity contribution is 5.96. The summed E-state index contributed by atoms with van der Waals surface area (Å²) in [6.45, 7) is 1.73. The Hall–Kier alpha value is -2.21. The van der Waals surface area contributed by atoms with Crippen LogP contribution < -0.4 is 4.90 Å². The molecule has 0 unspecified atom stereocenters. The van der Waals surface area contributed by atoms with Crippen LogP contribution in [-0.2, 0) is 0 Å². The van der Waals surface area contributed by atoms with Crippen LogP contribution in [0.15, 0.2) is 30.5 Å². The fourth-order valence-corrected chi connectivity index (χ4v) is 2.08. The zero-order valence-corrected chi connectivity index (χ0v) is 11.9. The highest BCUT2D eigenvalue weighted by Gasteiger charge is 2.16. The summed E-state index contributed by atoms with van der Waals surface area (Å²) in [7, 11) is 6.00. The number of aromatic nitrogens is 1. The van der Waals surface area contributed by atoms with E-state index >= 15 is 0 Å². The Morgan fingerprint density at radius 3 is 2.60 bits per heavy atom. The summed E-state index contributed by atoms with van der Waals surface area (Å²) in [5.74, 6) is 0. The number of nitro benzene ring substituents is 1. The van der Waals surface area contributed by atoms with E-state index in [1.807, 2.05) is 21.1 Å². The number of hydrogen-bond donors (Lipinski definition) is 0. The van der Waals surface area contributed by atoms with Crippen LogP contribution in [0.2, 0.25) is 0 Å². The summed E-state index contributed by atoms with van der Waals surface area (Å²) < 4.78 is 0. The Morgan fingerprint density at radius 1 is 1.20 bits per heavy atom. The summed E-state index contributed by atoms with van der Waals surface area (Å²) in [5, 5.41) is 11.6. The van der Waals surface area contributed by atoms with Gasteiger partial charge in [-0.05, 0) is 32.3 Å². The van der Waals surface area contributed by atoms with Crippen LogP contribution in [0.1, 0.15) is 0 Å². The first-order chi connectivity index (χ1) is 9.50. The van der Waals surface area contributed by atoms with Crippen molar-refractivity contribution in [3.05, 3.63) is 40.6 Å². The number of likely N-dealkylation sites (N-methyl/N-ethyl adjacent to an activating group) is 2. The van der Waals surface area contributed by atoms with Gasteiger partial charge in [0.05, 0.1) is 16.0 Å². The highest BCUT2D eigenvalue weighted by Crippen LogP contribution is 2.31. The van der Waals surface area contributed by atoms with Gasteiger partial charge in [-0.25, -0.2) is 0 Å². The molecule has 0 amide bonds. The Kier molecular flexibility index (Phi) is 4.14. The fraction of sp³-hybridized carbons (Fsp3) is 0.357. The van der Waals surface area contributed by atoms with E-state index in [-0.39, 0.29) is 10.6 Å². The van der Waals surface area contributed by atoms with Crippen molar-refractivity contribution in [2.45, 2.75) is 0 Å². The zero-order valence-electron chi connectivity index (χ0n) is 11.9. The molecule has 6 nitrogen and oxygen atoms in total. The summed E-state index contributed by atoms with van der Waals surface area (Å²) in [5.41, 5.74) is 1.67. The molecule has 1 aromatic heterocycles. The van der Waals surface area contributed by atoms with Gasteiger partial charge in [-0.2, -0.15) is 0 Å². The summed E-state index contributed by atoms with van der Waals surface area (Å²) in [4.78, 5) is 19.2. The first-order valence-electron chi connectivity index (χ1n) is 6.38. The van der Waals surface area contributed by atoms with Crippen molar-refractivity contribution < 1.29 is 4.92 Å². The van der Waals surface area contributed by atoms with Crippen LogP contribution in [0.4, 0.5) is 11.4 Å². The van der Waals surface area contributed by atoms with Gasteiger partial charge >= 0.3 is 0 Å². The lowest BCUT2D eigenvalue weighted by Gasteiger charge is -2.22. The Balaban J connectivity index is 2.45. The number of nitro groups is 1. The normalized spacial score (nSPS) is 11.0. The molecule has 0 saturated carbocycles. The van der Waals surface area contributed by atoms with Crippen molar-refractivity contribution in [2.75, 3.05) is 39.1 Å². The summed E-state index contributed by atoms with van der Waals surface area (Å²) in [6.07, 6.45) is 1.66. The topological polar surface area (TPSA) is 62.5 Å². The maximum atomic E-state index is 11.1. The van der Waals surface area contributed by atoms with Gasteiger partial charge in [0.25, 0.3) is 5.69 Å². The van der Waals surface area contributed by atoms with E-state index in [9.17, 15) is 10.1 Å². The second-order valence-corrected chi connectivity index (χ2v) is 4.99. The molecule has 0 spiro atoms. The van der Waals surface area contributed by atoms with Crippen molar-refractivity contribution in [1.82, 2.24) is 9.88 Å². The first-order valence-corrected chi connectivity index (χ1v) is 6.38. The predicted molar refractivity (Wildman–Crippen MR) is 80.2 cm³/mol. The molecule has 2 rings (SSSR count). The molecule has 6 heteroatoms. The number of pyridine rings is 1. The zero-order chi connectivity index (χ0) is 14.7. The van der Waals surface area contributed by atoms with E-state index in [2.05, 4.69) is 14.8 Å². The second-order valence-electron chi connectivity index (χ2n) is 4.99. The molecule has 1 heterocycles. The number of hydrogen-bond acceptors (Lipinski definition) is 5. The van der Waals surface area contributed by atoms with Crippen molar-refractivity contribution in [1.29, 1.82) is 0 Å². The van der Waals surface area contributed by atoms with Gasteiger partial charge in [0.1, 0.15) is 5.52 Å². The minimum absolute atomic E-state index is 0.0952. The molecule has 1 aromatic carbocycles. The largest absolute Gasteiger partial charge is 0.372 e. The summed E-state index contributed by atoms with van der Waals surface area (Å²) in [6, 6.07) is 6.78. The van der Waals surface area contributed by atoms with Crippen LogP contribution >= 0.6 is 0 Å². The summed E-state index contributed by atoms with van der Waals surface area (Å²) >= 11 is 0. The number of benzene rings is 1. The number of nitrogens with zero attached hydrogens (tertiary/aromatic N) is 4. The van der Waals surface area contributed by atoms with Gasteiger partial charge in [0, 0.05) is 32.4 Å². The van der Waals surface area contributed by atoms with Crippen molar-refractivity contribution in [3.8, 4) is 0 Å². The standard InChI is InChI=1S/C14H18N4O2/c1-16(2)9-10-17(3)13-7-6-12(18(19)20)11-5-4-8-15-14(11)13/h4-8H,9-10H2,1-3H3. The van der Waals surface area contributed by atoms with Gasteiger partial charge < -0.3 is 9.80 Å². The van der Waals surface area contributed by atoms with Crippen LogP contribution in [0.25, 0.3) is 10.9 Å². The molecule has 0 radical (unpaired) electrons. The van der Waals surface area contributed by atoms with Crippen LogP contribution in [0.5, 0.6) is 0 Å². The molecule has 0 aliphatic carbocycles. The quantitative estimate of drug-likeness (QED) is 0.617. The average Bonchev–Trinajstić information content (AvgIpc) is 2.43. The number of rotatable bonds is 5. The molecular formula is C14H18N4O2. The molecule has 0 fully saturated rings. The third-order valence-corrected chi connectivity index (χ3v) is 3.22. The highest BCUT2D eigenvalue weighted by atomic mass is 16.6. The van der Waals surface area contributed by atoms with Gasteiger partial charge in [-0.15, -0.1) is 0 Å². The van der Waals surface area contributed by atoms with Gasteiger partial charge in [0.2, 0.25) is 0 Å². The molecule has 0 bridgehead atoms. The fourth-order valence-electron chi connectivity index (χ4n) is 2.08. The maximum Gasteiger partial charge on any atom is 0.278 e. The van der Waals surface area contributed by atoms with Crippen LogP contribution in [-0.4, -0.2) is 49.0 Å². The van der Waals surface area contributed by atoms with Crippen molar-refractivity contribution in [2.24, 2.45) is 0 Å². The van der Waals surface area contributed by atoms with Crippen molar-refractivity contribution in [3.63, 3.8) is 0 Å². The molecule has 0 atom stereocenters. The molecule has 20 heavy (non-hydrogen) atoms. The van der Waals surface area contributed by atoms with Gasteiger partial charge in [-0.3, -0.25) is 15.1 Å². The molecule has 0 aliphatic rings. The number of non-ortho nitro benzene ring substituents is 1. The minimum Gasteiger partial charge on any atom is -0.372 e. The molecule has 0 N–H and O–H groups in total. The Labute approximate surface area is 117 Å². The van der Waals surface area contributed by atoms with Crippen molar-refractivity contribution >= 4 is 22.3 Å². The average molecular weight is 274 g/mol. The second kappa shape index (κ2) is 5.83. The third-order valence-electron chi connectivity index (χ3n) is 3.22. The van der Waals surface area contributed by atoms with E-state index in [1.165, 1.54) is 0 Å². The SMILES string of the molecule is CN(C)CCN(C)c1ccc([N+](=O)[O-])c2cccnc12. The van der Waals surface area contributed by atoms with E-state index in [4.69, 9.17) is 0 Å². The van der Waals surface area contributed by atoms with Crippen LogP contribution in [0, 0.1) is 10.1 Å². The predicted octanol–water partition coefficient (Wildman–Crippen LogP) is 2.14. The Bertz CT molecular complexity index is 628. The van der Waals surface area contributed by atoms with E-state index in [0.717, 1.165) is 18.8 Å². The van der Waals surface area contributed by atoms with Gasteiger partial charge in [-0.1, -0.05) is 0 Å². The number of fused-ring (bicyclic) bond motifs is 1. The Morgan fingerprint density at radius 2 is 1.95 bits per heavy atom. The molecular weight excluding hydrogens is 256 g/mol. The van der Waals surface area contributed by atoms with E-state index in [0.29, 0.717) is 10.9 Å². The molecule has 2 aromatic rings. The monoisotopic (exact) mass is 274 g/mol. The lowest BCUT2D eigenvalue weighted by Crippen LogP contribution is -2.28. The lowest BCUT2D eigenvalue weighted by molar-refractivity contribution is -0.383.